The van der Waals surface area contributed by atoms with E-state index in [1.54, 1.807) is 0 Å². The molecule has 0 fully saturated rings. The van der Waals surface area contributed by atoms with Gasteiger partial charge in [0.1, 0.15) is 0 Å². The van der Waals surface area contributed by atoms with Gasteiger partial charge in [0.15, 0.2) is 17.1 Å². The fourth-order valence-corrected chi connectivity index (χ4v) is 0.965. The third-order valence-electron chi connectivity index (χ3n) is 1.56. The summed E-state index contributed by atoms with van der Waals surface area (Å²) in [7, 11) is 0. The van der Waals surface area contributed by atoms with Crippen LogP contribution in [-0.4, -0.2) is 33.0 Å². The molecule has 0 atom stereocenters. The summed E-state index contributed by atoms with van der Waals surface area (Å²) in [5.41, 5.74) is -1.01. The molecule has 0 bridgehead atoms. The number of cyclic esters (lactones) is 2. The summed E-state index contributed by atoms with van der Waals surface area (Å²) in [6.45, 7) is 0. The Bertz CT molecular complexity index is 467. The monoisotopic (exact) mass is 194 g/mol. The number of fused-ring (bicyclic) bond motifs is 1. The normalized spacial score (nSPS) is 13.7. The van der Waals surface area contributed by atoms with Crippen LogP contribution in [0.2, 0.25) is 0 Å². The van der Waals surface area contributed by atoms with E-state index in [2.05, 4.69) is 14.7 Å². The van der Waals surface area contributed by atoms with Gasteiger partial charge in [-0.3, -0.25) is 0 Å². The van der Waals surface area contributed by atoms with Gasteiger partial charge in [0, 0.05) is 0 Å². The first-order valence-corrected chi connectivity index (χ1v) is 3.46. The number of carboxylic acids is 1. The second kappa shape index (κ2) is 2.59. The SMILES string of the molecule is O=C(O)c1cnc2c(n1)C(=O)OC2=O. The Morgan fingerprint density at radius 3 is 2.57 bits per heavy atom. The summed E-state index contributed by atoms with van der Waals surface area (Å²) in [5.74, 6) is -3.21. The van der Waals surface area contributed by atoms with Crippen LogP contribution in [0.1, 0.15) is 31.5 Å². The van der Waals surface area contributed by atoms with Crippen LogP contribution in [0.5, 0.6) is 0 Å². The zero-order valence-corrected chi connectivity index (χ0v) is 6.55. The van der Waals surface area contributed by atoms with E-state index in [-0.39, 0.29) is 11.4 Å². The highest BCUT2D eigenvalue weighted by molar-refractivity contribution is 6.12. The van der Waals surface area contributed by atoms with Crippen molar-refractivity contribution in [2.45, 2.75) is 0 Å². The number of rotatable bonds is 1. The molecule has 1 aliphatic rings. The summed E-state index contributed by atoms with van der Waals surface area (Å²) in [5, 5.41) is 8.53. The van der Waals surface area contributed by atoms with Crippen molar-refractivity contribution < 1.29 is 24.2 Å². The molecule has 14 heavy (non-hydrogen) atoms. The van der Waals surface area contributed by atoms with E-state index in [1.807, 2.05) is 0 Å². The molecule has 7 heteroatoms. The molecule has 2 rings (SSSR count). The maximum atomic E-state index is 10.9. The predicted octanol–water partition coefficient (Wildman–Crippen LogP) is -0.515. The molecule has 0 aromatic carbocycles. The van der Waals surface area contributed by atoms with Crippen LogP contribution < -0.4 is 0 Å². The Kier molecular flexibility index (Phi) is 1.53. The number of hydrogen-bond acceptors (Lipinski definition) is 6. The predicted molar refractivity (Wildman–Crippen MR) is 38.7 cm³/mol. The third kappa shape index (κ3) is 1.03. The smallest absolute Gasteiger partial charge is 0.367 e. The van der Waals surface area contributed by atoms with E-state index < -0.39 is 23.6 Å². The first-order chi connectivity index (χ1) is 6.59. The van der Waals surface area contributed by atoms with Crippen molar-refractivity contribution in [3.8, 4) is 0 Å². The summed E-state index contributed by atoms with van der Waals surface area (Å²) >= 11 is 0. The van der Waals surface area contributed by atoms with E-state index in [1.165, 1.54) is 0 Å². The molecule has 1 aromatic rings. The molecular formula is C7H2N2O5. The van der Waals surface area contributed by atoms with Gasteiger partial charge in [-0.2, -0.15) is 0 Å². The van der Waals surface area contributed by atoms with Crippen molar-refractivity contribution in [3.05, 3.63) is 23.3 Å². The number of carboxylic acid groups (broad SMARTS) is 1. The van der Waals surface area contributed by atoms with Crippen LogP contribution in [-0.2, 0) is 4.74 Å². The Morgan fingerprint density at radius 2 is 1.93 bits per heavy atom. The van der Waals surface area contributed by atoms with Gasteiger partial charge in [-0.25, -0.2) is 24.4 Å². The molecule has 0 radical (unpaired) electrons. The maximum absolute atomic E-state index is 10.9. The summed E-state index contributed by atoms with van der Waals surface area (Å²) in [6.07, 6.45) is 0.890. The van der Waals surface area contributed by atoms with Gasteiger partial charge in [0.05, 0.1) is 6.20 Å². The highest BCUT2D eigenvalue weighted by Crippen LogP contribution is 2.15. The number of carbonyl (C=O) groups is 3. The molecule has 1 aliphatic heterocycles. The van der Waals surface area contributed by atoms with E-state index >= 15 is 0 Å². The van der Waals surface area contributed by atoms with Gasteiger partial charge in [0.2, 0.25) is 0 Å². The minimum atomic E-state index is -1.33. The minimum absolute atomic E-state index is 0.250. The summed E-state index contributed by atoms with van der Waals surface area (Å²) in [4.78, 5) is 39.1. The molecule has 0 saturated heterocycles. The highest BCUT2D eigenvalue weighted by Gasteiger charge is 2.33. The fraction of sp³-hybridized carbons (Fsp3) is 0. The molecule has 2 heterocycles. The molecule has 1 N–H and O–H groups in total. The van der Waals surface area contributed by atoms with Crippen molar-refractivity contribution in [1.82, 2.24) is 9.97 Å². The average molecular weight is 194 g/mol. The van der Waals surface area contributed by atoms with Gasteiger partial charge < -0.3 is 9.84 Å². The standard InChI is InChI=1S/C7H2N2O5/c10-5(11)2-1-8-3-4(9-2)7(13)14-6(3)12/h1H,(H,10,11). The van der Waals surface area contributed by atoms with Crippen LogP contribution >= 0.6 is 0 Å². The van der Waals surface area contributed by atoms with Gasteiger partial charge in [-0.05, 0) is 0 Å². The molecule has 1 aromatic heterocycles. The van der Waals surface area contributed by atoms with E-state index in [9.17, 15) is 14.4 Å². The van der Waals surface area contributed by atoms with Crippen LogP contribution in [0.25, 0.3) is 0 Å². The van der Waals surface area contributed by atoms with Crippen LogP contribution in [0.3, 0.4) is 0 Å². The number of aromatic carboxylic acids is 1. The number of nitrogens with zero attached hydrogens (tertiary/aromatic N) is 2. The van der Waals surface area contributed by atoms with Crippen molar-refractivity contribution in [2.24, 2.45) is 0 Å². The molecule has 0 saturated carbocycles. The van der Waals surface area contributed by atoms with Crippen molar-refractivity contribution in [3.63, 3.8) is 0 Å². The zero-order chi connectivity index (χ0) is 10.3. The zero-order valence-electron chi connectivity index (χ0n) is 6.55. The lowest BCUT2D eigenvalue weighted by Crippen LogP contribution is -2.07. The minimum Gasteiger partial charge on any atom is -0.476 e. The molecule has 0 unspecified atom stereocenters. The van der Waals surface area contributed by atoms with Crippen molar-refractivity contribution in [2.75, 3.05) is 0 Å². The van der Waals surface area contributed by atoms with Crippen LogP contribution in [0.4, 0.5) is 0 Å². The summed E-state index contributed by atoms with van der Waals surface area (Å²) < 4.78 is 4.17. The molecule has 0 amide bonds. The molecule has 7 nitrogen and oxygen atoms in total. The number of esters is 2. The lowest BCUT2D eigenvalue weighted by atomic mass is 10.3. The molecule has 0 spiro atoms. The van der Waals surface area contributed by atoms with E-state index in [0.717, 1.165) is 6.20 Å². The number of hydrogen-bond donors (Lipinski definition) is 1. The first kappa shape index (κ1) is 8.30. The summed E-state index contributed by atoms with van der Waals surface area (Å²) in [6, 6.07) is 0. The van der Waals surface area contributed by atoms with Gasteiger partial charge in [-0.15, -0.1) is 0 Å². The Hall–Kier alpha value is -2.31. The third-order valence-corrected chi connectivity index (χ3v) is 1.56. The van der Waals surface area contributed by atoms with E-state index in [0.29, 0.717) is 0 Å². The first-order valence-electron chi connectivity index (χ1n) is 3.46. The van der Waals surface area contributed by atoms with Gasteiger partial charge in [0.25, 0.3) is 0 Å². The van der Waals surface area contributed by atoms with Gasteiger partial charge in [-0.1, -0.05) is 0 Å². The van der Waals surface area contributed by atoms with Crippen LogP contribution in [0.15, 0.2) is 6.20 Å². The Labute approximate surface area is 76.4 Å². The largest absolute Gasteiger partial charge is 0.476 e. The maximum Gasteiger partial charge on any atom is 0.367 e. The molecule has 70 valence electrons. The van der Waals surface area contributed by atoms with E-state index in [4.69, 9.17) is 5.11 Å². The molecular weight excluding hydrogens is 192 g/mol. The second-order valence-corrected chi connectivity index (χ2v) is 2.43. The van der Waals surface area contributed by atoms with Crippen LogP contribution in [0, 0.1) is 0 Å². The van der Waals surface area contributed by atoms with Crippen molar-refractivity contribution in [1.29, 1.82) is 0 Å². The quantitative estimate of drug-likeness (QED) is 0.473. The number of ether oxygens (including phenoxy) is 1. The highest BCUT2D eigenvalue weighted by atomic mass is 16.6. The van der Waals surface area contributed by atoms with Crippen molar-refractivity contribution >= 4 is 17.9 Å². The Morgan fingerprint density at radius 1 is 1.29 bits per heavy atom. The lowest BCUT2D eigenvalue weighted by Gasteiger charge is -1.93. The second-order valence-electron chi connectivity index (χ2n) is 2.43. The Balaban J connectivity index is 2.61. The van der Waals surface area contributed by atoms with Gasteiger partial charge >= 0.3 is 17.9 Å². The fourth-order valence-electron chi connectivity index (χ4n) is 0.965. The number of carbonyl (C=O) groups excluding carboxylic acids is 2. The number of aromatic nitrogens is 2. The lowest BCUT2D eigenvalue weighted by molar-refractivity contribution is 0.0439. The average Bonchev–Trinajstić information content (AvgIpc) is 2.42. The topological polar surface area (TPSA) is 106 Å². The molecule has 0 aliphatic carbocycles.